The molecule has 0 fully saturated rings. The lowest BCUT2D eigenvalue weighted by atomic mass is 10.1. The number of rotatable bonds is 6. The van der Waals surface area contributed by atoms with Gasteiger partial charge in [-0.15, -0.1) is 32.9 Å². The second-order valence-corrected chi connectivity index (χ2v) is 9.61. The lowest BCUT2D eigenvalue weighted by molar-refractivity contribution is 0.793. The van der Waals surface area contributed by atoms with Gasteiger partial charge >= 0.3 is 0 Å². The van der Waals surface area contributed by atoms with E-state index in [9.17, 15) is 0 Å². The van der Waals surface area contributed by atoms with E-state index in [0.29, 0.717) is 0 Å². The van der Waals surface area contributed by atoms with Crippen LogP contribution in [0.3, 0.4) is 0 Å². The number of thioether (sulfide) groups is 1. The van der Waals surface area contributed by atoms with Crippen LogP contribution in [0.1, 0.15) is 23.1 Å². The number of aryl methyl sites for hydroxylation is 1. The van der Waals surface area contributed by atoms with Gasteiger partial charge in [-0.05, 0) is 25.0 Å². The van der Waals surface area contributed by atoms with Crippen molar-refractivity contribution in [2.45, 2.75) is 31.2 Å². The summed E-state index contributed by atoms with van der Waals surface area (Å²) >= 11 is 11.3. The molecule has 4 rings (SSSR count). The Labute approximate surface area is 181 Å². The molecular formula is C20H19ClN4S3. The Hall–Kier alpha value is -1.67. The van der Waals surface area contributed by atoms with Crippen molar-refractivity contribution in [3.63, 3.8) is 0 Å². The molecule has 0 spiro atoms. The minimum Gasteiger partial charge on any atom is -0.305 e. The molecule has 0 aliphatic carbocycles. The first-order valence-electron chi connectivity index (χ1n) is 8.87. The summed E-state index contributed by atoms with van der Waals surface area (Å²) in [4.78, 5) is 6.09. The van der Waals surface area contributed by atoms with Crippen LogP contribution in [0.25, 0.3) is 22.0 Å². The topological polar surface area (TPSA) is 43.6 Å². The van der Waals surface area contributed by atoms with Crippen LogP contribution in [-0.2, 0) is 19.2 Å². The number of hydrogen-bond donors (Lipinski definition) is 0. The third-order valence-electron chi connectivity index (χ3n) is 4.54. The van der Waals surface area contributed by atoms with Gasteiger partial charge in [-0.1, -0.05) is 48.5 Å². The molecule has 3 heterocycles. The van der Waals surface area contributed by atoms with Gasteiger partial charge in [0.1, 0.15) is 5.01 Å². The SMILES string of the molecule is CCc1c(-c2nnc(SCc3csc(-c4ccccc4Cl)n3)n2C)csc1C. The van der Waals surface area contributed by atoms with E-state index in [1.54, 1.807) is 34.4 Å². The van der Waals surface area contributed by atoms with E-state index in [1.807, 2.05) is 31.3 Å². The van der Waals surface area contributed by atoms with E-state index in [0.717, 1.165) is 44.4 Å². The fourth-order valence-corrected chi connectivity index (χ4v) is 6.04. The molecule has 144 valence electrons. The maximum Gasteiger partial charge on any atom is 0.191 e. The Bertz CT molecular complexity index is 1110. The molecular weight excluding hydrogens is 428 g/mol. The van der Waals surface area contributed by atoms with Crippen molar-refractivity contribution in [2.75, 3.05) is 0 Å². The summed E-state index contributed by atoms with van der Waals surface area (Å²) in [6.07, 6.45) is 1.00. The Balaban J connectivity index is 1.51. The molecule has 4 nitrogen and oxygen atoms in total. The maximum absolute atomic E-state index is 6.29. The van der Waals surface area contributed by atoms with Crippen LogP contribution in [-0.4, -0.2) is 19.7 Å². The van der Waals surface area contributed by atoms with E-state index in [4.69, 9.17) is 16.6 Å². The summed E-state index contributed by atoms with van der Waals surface area (Å²) in [7, 11) is 2.03. The van der Waals surface area contributed by atoms with Crippen molar-refractivity contribution in [2.24, 2.45) is 7.05 Å². The third kappa shape index (κ3) is 3.76. The zero-order valence-electron chi connectivity index (χ0n) is 15.8. The zero-order chi connectivity index (χ0) is 19.7. The van der Waals surface area contributed by atoms with Gasteiger partial charge < -0.3 is 4.57 Å². The number of thiazole rings is 1. The molecule has 0 atom stereocenters. The second kappa shape index (κ2) is 8.37. The molecule has 4 aromatic rings. The van der Waals surface area contributed by atoms with Gasteiger partial charge in [0.2, 0.25) is 0 Å². The quantitative estimate of drug-likeness (QED) is 0.318. The molecule has 1 aromatic carbocycles. The monoisotopic (exact) mass is 446 g/mol. The van der Waals surface area contributed by atoms with Crippen molar-refractivity contribution >= 4 is 46.0 Å². The van der Waals surface area contributed by atoms with Crippen LogP contribution in [0.4, 0.5) is 0 Å². The minimum absolute atomic E-state index is 0.729. The molecule has 0 saturated carbocycles. The molecule has 0 unspecified atom stereocenters. The Kier molecular flexibility index (Phi) is 5.87. The largest absolute Gasteiger partial charge is 0.305 e. The molecule has 0 radical (unpaired) electrons. The predicted molar refractivity (Wildman–Crippen MR) is 121 cm³/mol. The van der Waals surface area contributed by atoms with Crippen LogP contribution in [0.2, 0.25) is 5.02 Å². The van der Waals surface area contributed by atoms with Crippen LogP contribution in [0.5, 0.6) is 0 Å². The first kappa shape index (κ1) is 19.6. The molecule has 3 aromatic heterocycles. The van der Waals surface area contributed by atoms with Gasteiger partial charge in [0.15, 0.2) is 11.0 Å². The number of halogens is 1. The summed E-state index contributed by atoms with van der Waals surface area (Å²) < 4.78 is 2.08. The minimum atomic E-state index is 0.729. The van der Waals surface area contributed by atoms with E-state index in [2.05, 4.69) is 39.4 Å². The Morgan fingerprint density at radius 1 is 1.11 bits per heavy atom. The lowest BCUT2D eigenvalue weighted by Crippen LogP contribution is -1.96. The molecule has 0 amide bonds. The Morgan fingerprint density at radius 2 is 1.93 bits per heavy atom. The average molecular weight is 447 g/mol. The molecule has 0 bridgehead atoms. The van der Waals surface area contributed by atoms with Crippen LogP contribution < -0.4 is 0 Å². The highest BCUT2D eigenvalue weighted by Gasteiger charge is 2.17. The van der Waals surface area contributed by atoms with Crippen molar-refractivity contribution in [1.82, 2.24) is 19.7 Å². The highest BCUT2D eigenvalue weighted by molar-refractivity contribution is 7.98. The number of nitrogens with zero attached hydrogens (tertiary/aromatic N) is 4. The fourth-order valence-electron chi connectivity index (χ4n) is 3.05. The average Bonchev–Trinajstić information content (AvgIpc) is 3.39. The van der Waals surface area contributed by atoms with Crippen molar-refractivity contribution in [3.8, 4) is 22.0 Å². The Morgan fingerprint density at radius 3 is 2.71 bits per heavy atom. The van der Waals surface area contributed by atoms with Gasteiger partial charge in [-0.3, -0.25) is 0 Å². The van der Waals surface area contributed by atoms with Gasteiger partial charge in [0.05, 0.1) is 10.7 Å². The highest BCUT2D eigenvalue weighted by Crippen LogP contribution is 2.34. The molecule has 8 heteroatoms. The van der Waals surface area contributed by atoms with Gasteiger partial charge in [-0.2, -0.15) is 0 Å². The van der Waals surface area contributed by atoms with Crippen molar-refractivity contribution in [3.05, 3.63) is 56.2 Å². The van der Waals surface area contributed by atoms with Gasteiger partial charge in [-0.25, -0.2) is 4.98 Å². The van der Waals surface area contributed by atoms with E-state index in [1.165, 1.54) is 16.0 Å². The number of aromatic nitrogens is 4. The van der Waals surface area contributed by atoms with Crippen LogP contribution in [0.15, 0.2) is 40.2 Å². The first-order chi connectivity index (χ1) is 13.6. The molecule has 0 aliphatic rings. The predicted octanol–water partition coefficient (Wildman–Crippen LogP) is 6.48. The van der Waals surface area contributed by atoms with Gasteiger partial charge in [0.25, 0.3) is 0 Å². The second-order valence-electron chi connectivity index (χ2n) is 6.32. The number of hydrogen-bond acceptors (Lipinski definition) is 6. The summed E-state index contributed by atoms with van der Waals surface area (Å²) in [5, 5.41) is 15.7. The summed E-state index contributed by atoms with van der Waals surface area (Å²) in [5.74, 6) is 1.68. The molecule has 28 heavy (non-hydrogen) atoms. The fraction of sp³-hybridized carbons (Fsp3) is 0.250. The van der Waals surface area contributed by atoms with Crippen LogP contribution >= 0.6 is 46.0 Å². The third-order valence-corrected chi connectivity index (χ3v) is 7.80. The van der Waals surface area contributed by atoms with Crippen molar-refractivity contribution in [1.29, 1.82) is 0 Å². The summed E-state index contributed by atoms with van der Waals surface area (Å²) in [6.45, 7) is 4.35. The smallest absolute Gasteiger partial charge is 0.191 e. The van der Waals surface area contributed by atoms with Crippen molar-refractivity contribution < 1.29 is 0 Å². The van der Waals surface area contributed by atoms with E-state index < -0.39 is 0 Å². The number of thiophene rings is 1. The summed E-state index contributed by atoms with van der Waals surface area (Å²) in [5.41, 5.74) is 4.56. The van der Waals surface area contributed by atoms with E-state index in [-0.39, 0.29) is 0 Å². The maximum atomic E-state index is 6.29. The van der Waals surface area contributed by atoms with E-state index >= 15 is 0 Å². The zero-order valence-corrected chi connectivity index (χ0v) is 19.0. The standard InChI is InChI=1S/C20H19ClN4S3/c1-4-14-12(2)26-11-16(14)18-23-24-20(25(18)3)28-10-13-9-27-19(22-13)15-7-5-6-8-17(15)21/h5-9,11H,4,10H2,1-3H3. The van der Waals surface area contributed by atoms with Crippen LogP contribution in [0, 0.1) is 6.92 Å². The normalized spacial score (nSPS) is 11.3. The molecule has 0 aliphatic heterocycles. The molecule has 0 N–H and O–H groups in total. The lowest BCUT2D eigenvalue weighted by Gasteiger charge is -2.04. The summed E-state index contributed by atoms with van der Waals surface area (Å²) in [6, 6.07) is 7.81. The molecule has 0 saturated heterocycles. The highest BCUT2D eigenvalue weighted by atomic mass is 35.5. The first-order valence-corrected chi connectivity index (χ1v) is 12.0. The number of benzene rings is 1. The van der Waals surface area contributed by atoms with Gasteiger partial charge in [0, 0.05) is 39.6 Å².